The van der Waals surface area contributed by atoms with E-state index in [0.717, 1.165) is 20.8 Å². The summed E-state index contributed by atoms with van der Waals surface area (Å²) in [5.41, 5.74) is 8.92. The predicted octanol–water partition coefficient (Wildman–Crippen LogP) is 3.96. The Kier molecular flexibility index (Phi) is 2.61. The fourth-order valence-corrected chi connectivity index (χ4v) is 3.17. The summed E-state index contributed by atoms with van der Waals surface area (Å²) in [7, 11) is 0. The van der Waals surface area contributed by atoms with E-state index in [4.69, 9.17) is 17.3 Å². The van der Waals surface area contributed by atoms with E-state index in [9.17, 15) is 0 Å². The molecule has 2 N–H and O–H groups in total. The van der Waals surface area contributed by atoms with Crippen molar-refractivity contribution >= 4 is 38.3 Å². The van der Waals surface area contributed by atoms with Crippen molar-refractivity contribution in [2.45, 2.75) is 26.7 Å². The first-order chi connectivity index (χ1) is 7.00. The van der Waals surface area contributed by atoms with E-state index in [1.807, 2.05) is 13.0 Å². The minimum Gasteiger partial charge on any atom is -0.375 e. The quantitative estimate of drug-likeness (QED) is 0.819. The average molecular weight is 241 g/mol. The molecular formula is C11H13ClN2S. The Bertz CT molecular complexity index is 517. The lowest BCUT2D eigenvalue weighted by Gasteiger charge is -2.11. The second-order valence-electron chi connectivity index (χ2n) is 3.98. The molecule has 0 aliphatic carbocycles. The summed E-state index contributed by atoms with van der Waals surface area (Å²) in [6.07, 6.45) is 0. The number of aromatic nitrogens is 1. The SMILES string of the molecule is Cc1cc2nc(N)sc2c(C(C)C)c1Cl. The molecule has 0 unspecified atom stereocenters. The lowest BCUT2D eigenvalue weighted by Crippen LogP contribution is -1.92. The van der Waals surface area contributed by atoms with Gasteiger partial charge in [0.2, 0.25) is 0 Å². The molecular weight excluding hydrogens is 228 g/mol. The Balaban J connectivity index is 2.88. The Morgan fingerprint density at radius 3 is 2.73 bits per heavy atom. The van der Waals surface area contributed by atoms with Gasteiger partial charge in [0.15, 0.2) is 5.13 Å². The Morgan fingerprint density at radius 1 is 1.47 bits per heavy atom. The van der Waals surface area contributed by atoms with Crippen molar-refractivity contribution in [1.29, 1.82) is 0 Å². The van der Waals surface area contributed by atoms with Crippen LogP contribution in [0.3, 0.4) is 0 Å². The number of fused-ring (bicyclic) bond motifs is 1. The number of nitrogen functional groups attached to an aromatic ring is 1. The van der Waals surface area contributed by atoms with E-state index in [2.05, 4.69) is 18.8 Å². The molecule has 0 radical (unpaired) electrons. The Hall–Kier alpha value is -0.800. The van der Waals surface area contributed by atoms with E-state index in [-0.39, 0.29) is 0 Å². The number of hydrogen-bond donors (Lipinski definition) is 1. The molecule has 0 aliphatic heterocycles. The molecule has 80 valence electrons. The molecule has 1 aromatic carbocycles. The molecule has 0 saturated heterocycles. The van der Waals surface area contributed by atoms with Crippen LogP contribution in [-0.4, -0.2) is 4.98 Å². The second-order valence-corrected chi connectivity index (χ2v) is 5.38. The third-order valence-electron chi connectivity index (χ3n) is 2.43. The first kappa shape index (κ1) is 10.7. The zero-order chi connectivity index (χ0) is 11.2. The standard InChI is InChI=1S/C11H13ClN2S/c1-5(2)8-9(12)6(3)4-7-10(8)15-11(13)14-7/h4-5H,1-3H3,(H2,13,14). The molecule has 15 heavy (non-hydrogen) atoms. The molecule has 0 amide bonds. The zero-order valence-corrected chi connectivity index (χ0v) is 10.5. The summed E-state index contributed by atoms with van der Waals surface area (Å²) in [6, 6.07) is 2.00. The van der Waals surface area contributed by atoms with E-state index in [1.54, 1.807) is 0 Å². The minimum atomic E-state index is 0.389. The van der Waals surface area contributed by atoms with Gasteiger partial charge in [-0.25, -0.2) is 4.98 Å². The van der Waals surface area contributed by atoms with Crippen molar-refractivity contribution in [3.63, 3.8) is 0 Å². The molecule has 2 rings (SSSR count). The number of anilines is 1. The molecule has 0 spiro atoms. The number of halogens is 1. The van der Waals surface area contributed by atoms with Crippen LogP contribution in [-0.2, 0) is 0 Å². The van der Waals surface area contributed by atoms with E-state index >= 15 is 0 Å². The van der Waals surface area contributed by atoms with Crippen LogP contribution in [0.25, 0.3) is 10.2 Å². The summed E-state index contributed by atoms with van der Waals surface area (Å²) >= 11 is 7.83. The molecule has 1 aromatic heterocycles. The van der Waals surface area contributed by atoms with Crippen LogP contribution in [0, 0.1) is 6.92 Å². The van der Waals surface area contributed by atoms with Crippen molar-refractivity contribution in [3.8, 4) is 0 Å². The lowest BCUT2D eigenvalue weighted by molar-refractivity contribution is 0.876. The fourth-order valence-electron chi connectivity index (χ4n) is 1.74. The van der Waals surface area contributed by atoms with Crippen LogP contribution < -0.4 is 5.73 Å². The normalized spacial score (nSPS) is 11.5. The van der Waals surface area contributed by atoms with Crippen molar-refractivity contribution in [1.82, 2.24) is 4.98 Å². The topological polar surface area (TPSA) is 38.9 Å². The molecule has 2 aromatic rings. The third kappa shape index (κ3) is 1.70. The molecule has 4 heteroatoms. The van der Waals surface area contributed by atoms with Gasteiger partial charge in [-0.15, -0.1) is 0 Å². The van der Waals surface area contributed by atoms with E-state index in [1.165, 1.54) is 16.9 Å². The van der Waals surface area contributed by atoms with Gasteiger partial charge in [-0.1, -0.05) is 36.8 Å². The van der Waals surface area contributed by atoms with Gasteiger partial charge in [-0.2, -0.15) is 0 Å². The van der Waals surface area contributed by atoms with Crippen LogP contribution in [0.4, 0.5) is 5.13 Å². The van der Waals surface area contributed by atoms with Gasteiger partial charge >= 0.3 is 0 Å². The molecule has 0 aliphatic rings. The number of nitrogens with zero attached hydrogens (tertiary/aromatic N) is 1. The number of nitrogens with two attached hydrogens (primary N) is 1. The number of benzene rings is 1. The number of rotatable bonds is 1. The van der Waals surface area contributed by atoms with Gasteiger partial charge in [0, 0.05) is 5.02 Å². The van der Waals surface area contributed by atoms with Crippen molar-refractivity contribution in [2.24, 2.45) is 0 Å². The summed E-state index contributed by atoms with van der Waals surface area (Å²) in [5.74, 6) is 0.389. The lowest BCUT2D eigenvalue weighted by atomic mass is 10.0. The predicted molar refractivity (Wildman–Crippen MR) is 67.9 cm³/mol. The maximum Gasteiger partial charge on any atom is 0.181 e. The maximum atomic E-state index is 6.31. The molecule has 1 heterocycles. The summed E-state index contributed by atoms with van der Waals surface area (Å²) in [4.78, 5) is 4.30. The minimum absolute atomic E-state index is 0.389. The summed E-state index contributed by atoms with van der Waals surface area (Å²) in [5, 5.41) is 1.45. The van der Waals surface area contributed by atoms with Crippen LogP contribution in [0.15, 0.2) is 6.07 Å². The Morgan fingerprint density at radius 2 is 2.13 bits per heavy atom. The molecule has 0 atom stereocenters. The first-order valence-corrected chi connectivity index (χ1v) is 6.05. The van der Waals surface area contributed by atoms with Gasteiger partial charge in [-0.3, -0.25) is 0 Å². The fraction of sp³-hybridized carbons (Fsp3) is 0.364. The highest BCUT2D eigenvalue weighted by atomic mass is 35.5. The second kappa shape index (κ2) is 3.65. The highest BCUT2D eigenvalue weighted by Crippen LogP contribution is 2.38. The van der Waals surface area contributed by atoms with Crippen LogP contribution in [0.5, 0.6) is 0 Å². The highest BCUT2D eigenvalue weighted by Gasteiger charge is 2.15. The van der Waals surface area contributed by atoms with Gasteiger partial charge < -0.3 is 5.73 Å². The molecule has 0 bridgehead atoms. The maximum absolute atomic E-state index is 6.31. The van der Waals surface area contributed by atoms with Crippen molar-refractivity contribution in [3.05, 3.63) is 22.2 Å². The smallest absolute Gasteiger partial charge is 0.181 e. The number of thiazole rings is 1. The van der Waals surface area contributed by atoms with Gasteiger partial charge in [-0.05, 0) is 30.0 Å². The third-order valence-corrected chi connectivity index (χ3v) is 3.86. The highest BCUT2D eigenvalue weighted by molar-refractivity contribution is 7.22. The molecule has 0 saturated carbocycles. The monoisotopic (exact) mass is 240 g/mol. The summed E-state index contributed by atoms with van der Waals surface area (Å²) < 4.78 is 1.12. The van der Waals surface area contributed by atoms with E-state index in [0.29, 0.717) is 11.0 Å². The van der Waals surface area contributed by atoms with Crippen LogP contribution in [0.2, 0.25) is 5.02 Å². The Labute approximate surface area is 98.1 Å². The molecule has 0 fully saturated rings. The van der Waals surface area contributed by atoms with Gasteiger partial charge in [0.25, 0.3) is 0 Å². The molecule has 2 nitrogen and oxygen atoms in total. The van der Waals surface area contributed by atoms with Crippen molar-refractivity contribution in [2.75, 3.05) is 5.73 Å². The van der Waals surface area contributed by atoms with Gasteiger partial charge in [0.05, 0.1) is 10.2 Å². The van der Waals surface area contributed by atoms with Crippen LogP contribution in [0.1, 0.15) is 30.9 Å². The number of hydrogen-bond acceptors (Lipinski definition) is 3. The zero-order valence-electron chi connectivity index (χ0n) is 8.97. The summed E-state index contributed by atoms with van der Waals surface area (Å²) in [6.45, 7) is 6.27. The first-order valence-electron chi connectivity index (χ1n) is 4.85. The van der Waals surface area contributed by atoms with Crippen molar-refractivity contribution < 1.29 is 0 Å². The van der Waals surface area contributed by atoms with Crippen LogP contribution >= 0.6 is 22.9 Å². The number of aryl methyl sites for hydroxylation is 1. The largest absolute Gasteiger partial charge is 0.375 e. The average Bonchev–Trinajstić information content (AvgIpc) is 2.46. The van der Waals surface area contributed by atoms with Gasteiger partial charge in [0.1, 0.15) is 0 Å². The van der Waals surface area contributed by atoms with E-state index < -0.39 is 0 Å².